The van der Waals surface area contributed by atoms with E-state index >= 15 is 0 Å². The monoisotopic (exact) mass is 176 g/mol. The molecule has 2 heteroatoms. The SMILES string of the molecule is O=COC1CCCc2ccccc21. The molecule has 0 spiro atoms. The van der Waals surface area contributed by atoms with Gasteiger partial charge in [-0.2, -0.15) is 0 Å². The van der Waals surface area contributed by atoms with E-state index in [1.807, 2.05) is 18.2 Å². The molecule has 0 saturated carbocycles. The van der Waals surface area contributed by atoms with Gasteiger partial charge in [-0.15, -0.1) is 0 Å². The molecule has 0 saturated heterocycles. The van der Waals surface area contributed by atoms with Gasteiger partial charge in [-0.3, -0.25) is 4.79 Å². The van der Waals surface area contributed by atoms with Crippen molar-refractivity contribution in [2.75, 3.05) is 0 Å². The largest absolute Gasteiger partial charge is 0.460 e. The van der Waals surface area contributed by atoms with Crippen LogP contribution in [0.5, 0.6) is 0 Å². The highest BCUT2D eigenvalue weighted by Gasteiger charge is 2.19. The Hall–Kier alpha value is -1.31. The molecule has 0 fully saturated rings. The molecule has 2 nitrogen and oxygen atoms in total. The average Bonchev–Trinajstić information content (AvgIpc) is 2.19. The van der Waals surface area contributed by atoms with Crippen LogP contribution in [0.2, 0.25) is 0 Å². The van der Waals surface area contributed by atoms with Gasteiger partial charge in [-0.1, -0.05) is 24.3 Å². The van der Waals surface area contributed by atoms with E-state index in [9.17, 15) is 4.79 Å². The van der Waals surface area contributed by atoms with E-state index in [-0.39, 0.29) is 6.10 Å². The van der Waals surface area contributed by atoms with Crippen LogP contribution in [0.4, 0.5) is 0 Å². The van der Waals surface area contributed by atoms with Crippen molar-refractivity contribution in [3.8, 4) is 0 Å². The minimum Gasteiger partial charge on any atom is -0.460 e. The minimum absolute atomic E-state index is 0.0116. The van der Waals surface area contributed by atoms with Crippen LogP contribution in [0, 0.1) is 0 Å². The Morgan fingerprint density at radius 1 is 1.38 bits per heavy atom. The van der Waals surface area contributed by atoms with Gasteiger partial charge in [-0.05, 0) is 30.4 Å². The molecule has 1 aromatic carbocycles. The predicted octanol–water partition coefficient (Wildman–Crippen LogP) is 2.24. The Morgan fingerprint density at radius 2 is 2.23 bits per heavy atom. The number of aryl methyl sites for hydroxylation is 1. The second-order valence-electron chi connectivity index (χ2n) is 3.31. The number of benzene rings is 1. The number of carbonyl (C=O) groups is 1. The molecular formula is C11H12O2. The van der Waals surface area contributed by atoms with E-state index in [0.29, 0.717) is 6.47 Å². The summed E-state index contributed by atoms with van der Waals surface area (Å²) in [6.07, 6.45) is 3.16. The molecule has 0 N–H and O–H groups in total. The first-order valence-electron chi connectivity index (χ1n) is 4.58. The zero-order chi connectivity index (χ0) is 9.10. The van der Waals surface area contributed by atoms with E-state index in [1.165, 1.54) is 11.1 Å². The van der Waals surface area contributed by atoms with Gasteiger partial charge in [0.15, 0.2) is 0 Å². The highest BCUT2D eigenvalue weighted by molar-refractivity contribution is 5.40. The zero-order valence-corrected chi connectivity index (χ0v) is 7.40. The van der Waals surface area contributed by atoms with Gasteiger partial charge in [0.1, 0.15) is 6.10 Å². The second-order valence-corrected chi connectivity index (χ2v) is 3.31. The standard InChI is InChI=1S/C11H12O2/c12-8-13-11-7-3-5-9-4-1-2-6-10(9)11/h1-2,4,6,8,11H,3,5,7H2. The van der Waals surface area contributed by atoms with E-state index in [1.54, 1.807) is 0 Å². The molecule has 0 bridgehead atoms. The molecule has 68 valence electrons. The highest BCUT2D eigenvalue weighted by Crippen LogP contribution is 2.31. The third-order valence-corrected chi connectivity index (χ3v) is 2.53. The van der Waals surface area contributed by atoms with Gasteiger partial charge in [0, 0.05) is 0 Å². The summed E-state index contributed by atoms with van der Waals surface area (Å²) >= 11 is 0. The lowest BCUT2D eigenvalue weighted by atomic mass is 9.89. The molecule has 1 aliphatic carbocycles. The summed E-state index contributed by atoms with van der Waals surface area (Å²) in [5, 5.41) is 0. The smallest absolute Gasteiger partial charge is 0.293 e. The molecular weight excluding hydrogens is 164 g/mol. The summed E-state index contributed by atoms with van der Waals surface area (Å²) in [6.45, 7) is 0.548. The average molecular weight is 176 g/mol. The van der Waals surface area contributed by atoms with Crippen molar-refractivity contribution in [1.82, 2.24) is 0 Å². The third kappa shape index (κ3) is 1.57. The maximum Gasteiger partial charge on any atom is 0.293 e. The van der Waals surface area contributed by atoms with Crippen LogP contribution in [-0.4, -0.2) is 6.47 Å². The summed E-state index contributed by atoms with van der Waals surface area (Å²) in [5.74, 6) is 0. The Labute approximate surface area is 77.5 Å². The van der Waals surface area contributed by atoms with E-state index in [4.69, 9.17) is 4.74 Å². The first-order chi connectivity index (χ1) is 6.42. The van der Waals surface area contributed by atoms with E-state index < -0.39 is 0 Å². The maximum atomic E-state index is 10.3. The molecule has 13 heavy (non-hydrogen) atoms. The van der Waals surface area contributed by atoms with Crippen molar-refractivity contribution in [2.45, 2.75) is 25.4 Å². The quantitative estimate of drug-likeness (QED) is 0.646. The van der Waals surface area contributed by atoms with E-state index in [0.717, 1.165) is 19.3 Å². The Bertz CT molecular complexity index is 307. The Morgan fingerprint density at radius 3 is 3.08 bits per heavy atom. The van der Waals surface area contributed by atoms with Crippen LogP contribution < -0.4 is 0 Å². The first-order valence-corrected chi connectivity index (χ1v) is 4.58. The highest BCUT2D eigenvalue weighted by atomic mass is 16.5. The fourth-order valence-electron chi connectivity index (χ4n) is 1.92. The second kappa shape index (κ2) is 3.60. The lowest BCUT2D eigenvalue weighted by molar-refractivity contribution is -0.134. The summed E-state index contributed by atoms with van der Waals surface area (Å²) in [5.41, 5.74) is 2.50. The summed E-state index contributed by atoms with van der Waals surface area (Å²) < 4.78 is 5.03. The predicted molar refractivity (Wildman–Crippen MR) is 49.3 cm³/mol. The topological polar surface area (TPSA) is 26.3 Å². The summed E-state index contributed by atoms with van der Waals surface area (Å²) in [7, 11) is 0. The number of fused-ring (bicyclic) bond motifs is 1. The van der Waals surface area contributed by atoms with E-state index in [2.05, 4.69) is 6.07 Å². The van der Waals surface area contributed by atoms with Crippen molar-refractivity contribution in [1.29, 1.82) is 0 Å². The van der Waals surface area contributed by atoms with Crippen LogP contribution in [0.1, 0.15) is 30.1 Å². The van der Waals surface area contributed by atoms with Gasteiger partial charge in [0.25, 0.3) is 6.47 Å². The van der Waals surface area contributed by atoms with Gasteiger partial charge in [-0.25, -0.2) is 0 Å². The normalized spacial score (nSPS) is 20.5. The van der Waals surface area contributed by atoms with Crippen LogP contribution >= 0.6 is 0 Å². The van der Waals surface area contributed by atoms with Gasteiger partial charge >= 0.3 is 0 Å². The molecule has 0 amide bonds. The molecule has 1 aromatic rings. The number of hydrogen-bond acceptors (Lipinski definition) is 2. The molecule has 0 heterocycles. The zero-order valence-electron chi connectivity index (χ0n) is 7.40. The fraction of sp³-hybridized carbons (Fsp3) is 0.364. The number of hydrogen-bond donors (Lipinski definition) is 0. The summed E-state index contributed by atoms with van der Waals surface area (Å²) in [4.78, 5) is 10.3. The van der Waals surface area contributed by atoms with Crippen LogP contribution in [0.15, 0.2) is 24.3 Å². The number of rotatable bonds is 2. The minimum atomic E-state index is -0.0116. The van der Waals surface area contributed by atoms with Crippen LogP contribution in [-0.2, 0) is 16.0 Å². The number of carbonyl (C=O) groups excluding carboxylic acids is 1. The molecule has 0 aromatic heterocycles. The first kappa shape index (κ1) is 8.30. The van der Waals surface area contributed by atoms with Crippen LogP contribution in [0.3, 0.4) is 0 Å². The van der Waals surface area contributed by atoms with Crippen molar-refractivity contribution in [3.63, 3.8) is 0 Å². The number of ether oxygens (including phenoxy) is 1. The van der Waals surface area contributed by atoms with Gasteiger partial charge in [0.05, 0.1) is 0 Å². The molecule has 1 aliphatic rings. The molecule has 1 atom stereocenters. The Balaban J connectivity index is 2.31. The van der Waals surface area contributed by atoms with Crippen molar-refractivity contribution >= 4 is 6.47 Å². The van der Waals surface area contributed by atoms with Crippen molar-refractivity contribution in [3.05, 3.63) is 35.4 Å². The molecule has 1 unspecified atom stereocenters. The van der Waals surface area contributed by atoms with Crippen molar-refractivity contribution < 1.29 is 9.53 Å². The lowest BCUT2D eigenvalue weighted by Crippen LogP contribution is -2.11. The fourth-order valence-corrected chi connectivity index (χ4v) is 1.92. The molecule has 2 rings (SSSR count). The maximum absolute atomic E-state index is 10.3. The van der Waals surface area contributed by atoms with Gasteiger partial charge < -0.3 is 4.74 Å². The van der Waals surface area contributed by atoms with Crippen LogP contribution in [0.25, 0.3) is 0 Å². The Kier molecular flexibility index (Phi) is 2.30. The summed E-state index contributed by atoms with van der Waals surface area (Å²) in [6, 6.07) is 8.17. The molecule has 0 radical (unpaired) electrons. The van der Waals surface area contributed by atoms with Crippen molar-refractivity contribution in [2.24, 2.45) is 0 Å². The molecule has 0 aliphatic heterocycles. The lowest BCUT2D eigenvalue weighted by Gasteiger charge is -2.23. The third-order valence-electron chi connectivity index (χ3n) is 2.53. The van der Waals surface area contributed by atoms with Gasteiger partial charge in [0.2, 0.25) is 0 Å².